The van der Waals surface area contributed by atoms with Crippen LogP contribution in [-0.2, 0) is 9.53 Å². The van der Waals surface area contributed by atoms with Gasteiger partial charge in [-0.15, -0.1) is 0 Å². The normalized spacial score (nSPS) is 28.9. The highest BCUT2D eigenvalue weighted by molar-refractivity contribution is 5.96. The molecule has 0 aromatic carbocycles. The molecule has 2 heterocycles. The van der Waals surface area contributed by atoms with Crippen molar-refractivity contribution in [2.24, 2.45) is 5.92 Å². The minimum atomic E-state index is 0.0216. The topological polar surface area (TPSA) is 29.5 Å². The maximum absolute atomic E-state index is 11.3. The largest absolute Gasteiger partial charge is 0.372 e. The summed E-state index contributed by atoms with van der Waals surface area (Å²) in [6.45, 7) is 6.41. The van der Waals surface area contributed by atoms with Gasteiger partial charge in [0.25, 0.3) is 0 Å². The number of rotatable bonds is 2. The summed E-state index contributed by atoms with van der Waals surface area (Å²) in [5, 5.41) is 0. The van der Waals surface area contributed by atoms with E-state index in [1.807, 2.05) is 13.8 Å². The van der Waals surface area contributed by atoms with Gasteiger partial charge in [-0.25, -0.2) is 0 Å². The van der Waals surface area contributed by atoms with Crippen molar-refractivity contribution in [3.8, 4) is 11.8 Å². The Kier molecular flexibility index (Phi) is 3.63. The molecular formula is C13H19NO2. The van der Waals surface area contributed by atoms with Crippen molar-refractivity contribution in [1.29, 1.82) is 0 Å². The third-order valence-corrected chi connectivity index (χ3v) is 3.16. The molecule has 0 N–H and O–H groups in total. The minimum absolute atomic E-state index is 0.0216. The zero-order valence-electron chi connectivity index (χ0n) is 10.0. The van der Waals surface area contributed by atoms with Crippen LogP contribution in [0, 0.1) is 17.8 Å². The number of carbonyl (C=O) groups is 1. The van der Waals surface area contributed by atoms with Gasteiger partial charge in [0.2, 0.25) is 5.78 Å². The SMILES string of the molecule is CC(C)C(=O)C#CCN1CC2CCC(C1)O2. The molecule has 2 unspecified atom stereocenters. The molecule has 2 rings (SSSR count). The van der Waals surface area contributed by atoms with Crippen molar-refractivity contribution >= 4 is 5.78 Å². The van der Waals surface area contributed by atoms with E-state index >= 15 is 0 Å². The summed E-state index contributed by atoms with van der Waals surface area (Å²) in [5.74, 6) is 5.74. The Morgan fingerprint density at radius 3 is 2.56 bits per heavy atom. The van der Waals surface area contributed by atoms with Gasteiger partial charge in [0.05, 0.1) is 18.8 Å². The van der Waals surface area contributed by atoms with E-state index in [0.717, 1.165) is 13.1 Å². The standard InChI is InChI=1S/C13H19NO2/c1-10(2)13(15)4-3-7-14-8-11-5-6-12(9-14)16-11/h10-12H,5-9H2,1-2H3. The van der Waals surface area contributed by atoms with E-state index in [-0.39, 0.29) is 11.7 Å². The van der Waals surface area contributed by atoms with E-state index < -0.39 is 0 Å². The van der Waals surface area contributed by atoms with E-state index in [0.29, 0.717) is 18.8 Å². The third-order valence-electron chi connectivity index (χ3n) is 3.16. The molecule has 16 heavy (non-hydrogen) atoms. The molecule has 3 heteroatoms. The lowest BCUT2D eigenvalue weighted by atomic mass is 10.1. The lowest BCUT2D eigenvalue weighted by Crippen LogP contribution is -2.42. The number of likely N-dealkylation sites (tertiary alicyclic amines) is 1. The molecule has 2 aliphatic heterocycles. The molecule has 0 saturated carbocycles. The van der Waals surface area contributed by atoms with Gasteiger partial charge in [-0.1, -0.05) is 19.8 Å². The second-order valence-corrected chi connectivity index (χ2v) is 4.97. The van der Waals surface area contributed by atoms with E-state index in [1.165, 1.54) is 12.8 Å². The number of hydrogen-bond acceptors (Lipinski definition) is 3. The first-order valence-corrected chi connectivity index (χ1v) is 6.05. The first-order valence-electron chi connectivity index (χ1n) is 6.05. The van der Waals surface area contributed by atoms with Crippen LogP contribution in [0.5, 0.6) is 0 Å². The molecule has 0 spiro atoms. The number of ether oxygens (including phenoxy) is 1. The van der Waals surface area contributed by atoms with Crippen molar-refractivity contribution < 1.29 is 9.53 Å². The van der Waals surface area contributed by atoms with Crippen LogP contribution in [0.2, 0.25) is 0 Å². The van der Waals surface area contributed by atoms with Gasteiger partial charge in [-0.2, -0.15) is 0 Å². The van der Waals surface area contributed by atoms with Crippen LogP contribution in [0.25, 0.3) is 0 Å². The van der Waals surface area contributed by atoms with Gasteiger partial charge in [0.15, 0.2) is 0 Å². The van der Waals surface area contributed by atoms with Gasteiger partial charge in [0.1, 0.15) is 0 Å². The maximum atomic E-state index is 11.3. The maximum Gasteiger partial charge on any atom is 0.208 e. The summed E-state index contributed by atoms with van der Waals surface area (Å²) in [6, 6.07) is 0. The number of morpholine rings is 1. The Labute approximate surface area is 97.1 Å². The van der Waals surface area contributed by atoms with Gasteiger partial charge in [0, 0.05) is 19.0 Å². The zero-order chi connectivity index (χ0) is 11.5. The molecule has 88 valence electrons. The number of ketones is 1. The van der Waals surface area contributed by atoms with Crippen LogP contribution in [0.4, 0.5) is 0 Å². The molecular weight excluding hydrogens is 202 g/mol. The third kappa shape index (κ3) is 2.84. The smallest absolute Gasteiger partial charge is 0.208 e. The number of Topliss-reactive ketones (excluding diaryl/α,β-unsaturated/α-hetero) is 1. The van der Waals surface area contributed by atoms with Crippen LogP contribution in [0.3, 0.4) is 0 Å². The summed E-state index contributed by atoms with van der Waals surface area (Å²) in [4.78, 5) is 13.6. The van der Waals surface area contributed by atoms with Crippen LogP contribution < -0.4 is 0 Å². The number of fused-ring (bicyclic) bond motifs is 2. The Morgan fingerprint density at radius 1 is 1.38 bits per heavy atom. The first-order chi connectivity index (χ1) is 7.65. The van der Waals surface area contributed by atoms with Crippen molar-refractivity contribution in [2.75, 3.05) is 19.6 Å². The number of nitrogens with zero attached hydrogens (tertiary/aromatic N) is 1. The second-order valence-electron chi connectivity index (χ2n) is 4.97. The molecule has 0 aromatic heterocycles. The average molecular weight is 221 g/mol. The number of carbonyl (C=O) groups excluding carboxylic acids is 1. The first kappa shape index (κ1) is 11.6. The Hall–Kier alpha value is -0.850. The number of hydrogen-bond donors (Lipinski definition) is 0. The molecule has 0 amide bonds. The predicted octanol–water partition coefficient (Wildman–Crippen LogP) is 1.08. The van der Waals surface area contributed by atoms with E-state index in [4.69, 9.17) is 4.74 Å². The van der Waals surface area contributed by atoms with Crippen molar-refractivity contribution in [3.63, 3.8) is 0 Å². The Balaban J connectivity index is 1.80. The summed E-state index contributed by atoms with van der Waals surface area (Å²) in [6.07, 6.45) is 3.17. The van der Waals surface area contributed by atoms with Crippen molar-refractivity contribution in [1.82, 2.24) is 4.90 Å². The van der Waals surface area contributed by atoms with Crippen LogP contribution in [0.1, 0.15) is 26.7 Å². The molecule has 0 radical (unpaired) electrons. The fraction of sp³-hybridized carbons (Fsp3) is 0.769. The van der Waals surface area contributed by atoms with Gasteiger partial charge in [-0.05, 0) is 18.8 Å². The molecule has 2 bridgehead atoms. The van der Waals surface area contributed by atoms with E-state index in [2.05, 4.69) is 16.7 Å². The molecule has 2 aliphatic rings. The monoisotopic (exact) mass is 221 g/mol. The lowest BCUT2D eigenvalue weighted by molar-refractivity contribution is -0.116. The fourth-order valence-corrected chi connectivity index (χ4v) is 2.21. The lowest BCUT2D eigenvalue weighted by Gasteiger charge is -2.30. The predicted molar refractivity (Wildman–Crippen MR) is 62.0 cm³/mol. The molecule has 2 fully saturated rings. The summed E-state index contributed by atoms with van der Waals surface area (Å²) < 4.78 is 5.74. The molecule has 2 atom stereocenters. The van der Waals surface area contributed by atoms with E-state index in [1.54, 1.807) is 0 Å². The average Bonchev–Trinajstić information content (AvgIpc) is 2.58. The molecule has 0 aliphatic carbocycles. The van der Waals surface area contributed by atoms with E-state index in [9.17, 15) is 4.79 Å². The van der Waals surface area contributed by atoms with Gasteiger partial charge in [-0.3, -0.25) is 9.69 Å². The fourth-order valence-electron chi connectivity index (χ4n) is 2.21. The zero-order valence-corrected chi connectivity index (χ0v) is 10.0. The summed E-state index contributed by atoms with van der Waals surface area (Å²) in [5.41, 5.74) is 0. The second kappa shape index (κ2) is 4.99. The van der Waals surface area contributed by atoms with Crippen LogP contribution >= 0.6 is 0 Å². The quantitative estimate of drug-likeness (QED) is 0.516. The summed E-state index contributed by atoms with van der Waals surface area (Å²) in [7, 11) is 0. The van der Waals surface area contributed by atoms with Crippen molar-refractivity contribution in [2.45, 2.75) is 38.9 Å². The van der Waals surface area contributed by atoms with Gasteiger partial charge >= 0.3 is 0 Å². The Bertz CT molecular complexity index is 315. The van der Waals surface area contributed by atoms with Crippen LogP contribution in [-0.4, -0.2) is 42.5 Å². The summed E-state index contributed by atoms with van der Waals surface area (Å²) >= 11 is 0. The highest BCUT2D eigenvalue weighted by Crippen LogP contribution is 2.25. The molecule has 0 aromatic rings. The molecule has 2 saturated heterocycles. The van der Waals surface area contributed by atoms with Gasteiger partial charge < -0.3 is 4.74 Å². The molecule has 3 nitrogen and oxygen atoms in total. The van der Waals surface area contributed by atoms with Crippen LogP contribution in [0.15, 0.2) is 0 Å². The highest BCUT2D eigenvalue weighted by atomic mass is 16.5. The highest BCUT2D eigenvalue weighted by Gasteiger charge is 2.32. The minimum Gasteiger partial charge on any atom is -0.372 e. The van der Waals surface area contributed by atoms with Crippen molar-refractivity contribution in [3.05, 3.63) is 0 Å². The Morgan fingerprint density at radius 2 is 2.00 bits per heavy atom.